The van der Waals surface area contributed by atoms with Gasteiger partial charge in [0.1, 0.15) is 29.7 Å². The Morgan fingerprint density at radius 2 is 1.53 bits per heavy atom. The Kier molecular flexibility index (Phi) is 12.0. The first kappa shape index (κ1) is 31.4. The SMILES string of the molecule is COC(=O)C(Cc1cc(I)c(Oc2cc(I)c(O)c(I)c2)c(I)c1)NC(=O)CNC(=O)OC(C)(C)C. The molecule has 0 fully saturated rings. The summed E-state index contributed by atoms with van der Waals surface area (Å²) in [4.78, 5) is 36.5. The summed E-state index contributed by atoms with van der Waals surface area (Å²) < 4.78 is 19.0. The lowest BCUT2D eigenvalue weighted by molar-refractivity contribution is -0.144. The molecule has 0 heterocycles. The molecule has 1 atom stereocenters. The summed E-state index contributed by atoms with van der Waals surface area (Å²) in [5, 5.41) is 15.0. The lowest BCUT2D eigenvalue weighted by Gasteiger charge is -2.20. The number of phenolic OH excluding ortho intramolecular Hbond substituents is 1. The van der Waals surface area contributed by atoms with Crippen LogP contribution in [-0.2, 0) is 25.5 Å². The number of hydrogen-bond acceptors (Lipinski definition) is 7. The van der Waals surface area contributed by atoms with Crippen molar-refractivity contribution in [3.8, 4) is 17.2 Å². The van der Waals surface area contributed by atoms with Crippen LogP contribution in [0.1, 0.15) is 26.3 Å². The van der Waals surface area contributed by atoms with E-state index < -0.39 is 29.6 Å². The number of alkyl carbamates (subject to hydrolysis) is 1. The third-order valence-electron chi connectivity index (χ3n) is 4.32. The fraction of sp³-hybridized carbons (Fsp3) is 0.348. The van der Waals surface area contributed by atoms with Gasteiger partial charge in [0.15, 0.2) is 5.75 Å². The maximum absolute atomic E-state index is 12.4. The Morgan fingerprint density at radius 1 is 0.972 bits per heavy atom. The Hall–Kier alpha value is -0.830. The highest BCUT2D eigenvalue weighted by atomic mass is 127. The van der Waals surface area contributed by atoms with Crippen LogP contribution in [0.25, 0.3) is 0 Å². The number of phenols is 1. The number of nitrogens with one attached hydrogen (secondary N) is 2. The topological polar surface area (TPSA) is 123 Å². The van der Waals surface area contributed by atoms with Crippen molar-refractivity contribution < 1.29 is 33.7 Å². The number of halogens is 4. The van der Waals surface area contributed by atoms with E-state index >= 15 is 0 Å². The lowest BCUT2D eigenvalue weighted by atomic mass is 10.1. The van der Waals surface area contributed by atoms with Gasteiger partial charge in [-0.3, -0.25) is 4.79 Å². The molecule has 2 aromatic carbocycles. The van der Waals surface area contributed by atoms with Crippen LogP contribution in [0.3, 0.4) is 0 Å². The molecule has 0 saturated heterocycles. The first-order valence-corrected chi connectivity index (χ1v) is 14.7. The second-order valence-electron chi connectivity index (χ2n) is 8.43. The minimum Gasteiger partial charge on any atom is -0.506 e. The summed E-state index contributed by atoms with van der Waals surface area (Å²) in [5.41, 5.74) is 0.0835. The number of carbonyl (C=O) groups is 3. The summed E-state index contributed by atoms with van der Waals surface area (Å²) in [6, 6.07) is 6.24. The van der Waals surface area contributed by atoms with Gasteiger partial charge in [0.25, 0.3) is 0 Å². The summed E-state index contributed by atoms with van der Waals surface area (Å²) in [6.07, 6.45) is -0.559. The van der Waals surface area contributed by atoms with Gasteiger partial charge in [-0.2, -0.15) is 0 Å². The van der Waals surface area contributed by atoms with Crippen LogP contribution in [0.4, 0.5) is 4.79 Å². The normalized spacial score (nSPS) is 11.9. The fourth-order valence-corrected chi connectivity index (χ4v) is 6.66. The van der Waals surface area contributed by atoms with E-state index in [1.54, 1.807) is 32.9 Å². The smallest absolute Gasteiger partial charge is 0.408 e. The Morgan fingerprint density at radius 3 is 2.03 bits per heavy atom. The van der Waals surface area contributed by atoms with Crippen molar-refractivity contribution in [2.24, 2.45) is 0 Å². The van der Waals surface area contributed by atoms with Crippen molar-refractivity contribution in [3.05, 3.63) is 44.1 Å². The molecule has 0 saturated carbocycles. The molecule has 2 rings (SSSR count). The van der Waals surface area contributed by atoms with Gasteiger partial charge in [-0.25, -0.2) is 9.59 Å². The largest absolute Gasteiger partial charge is 0.506 e. The maximum Gasteiger partial charge on any atom is 0.408 e. The van der Waals surface area contributed by atoms with Crippen LogP contribution in [0.2, 0.25) is 0 Å². The van der Waals surface area contributed by atoms with E-state index in [9.17, 15) is 19.5 Å². The number of ether oxygens (including phenoxy) is 3. The predicted molar refractivity (Wildman–Crippen MR) is 167 cm³/mol. The van der Waals surface area contributed by atoms with Crippen molar-refractivity contribution in [2.45, 2.75) is 38.8 Å². The van der Waals surface area contributed by atoms with Gasteiger partial charge < -0.3 is 30.0 Å². The molecule has 9 nitrogen and oxygen atoms in total. The van der Waals surface area contributed by atoms with Crippen LogP contribution >= 0.6 is 90.4 Å². The number of carbonyl (C=O) groups excluding carboxylic acids is 3. The van der Waals surface area contributed by atoms with Gasteiger partial charge in [0, 0.05) is 6.42 Å². The van der Waals surface area contributed by atoms with E-state index in [2.05, 4.69) is 55.8 Å². The summed E-state index contributed by atoms with van der Waals surface area (Å²) in [6.45, 7) is 4.79. The number of aromatic hydroxyl groups is 1. The minimum atomic E-state index is -0.957. The van der Waals surface area contributed by atoms with E-state index in [1.807, 2.05) is 57.3 Å². The highest BCUT2D eigenvalue weighted by molar-refractivity contribution is 14.1. The molecule has 0 aliphatic carbocycles. The average Bonchev–Trinajstić information content (AvgIpc) is 2.76. The first-order valence-electron chi connectivity index (χ1n) is 10.4. The zero-order chi connectivity index (χ0) is 27.2. The molecule has 0 spiro atoms. The van der Waals surface area contributed by atoms with E-state index in [-0.39, 0.29) is 18.7 Å². The van der Waals surface area contributed by atoms with E-state index in [4.69, 9.17) is 14.2 Å². The van der Waals surface area contributed by atoms with Gasteiger partial charge in [-0.05, 0) is 141 Å². The number of rotatable bonds is 8. The first-order chi connectivity index (χ1) is 16.7. The Labute approximate surface area is 263 Å². The highest BCUT2D eigenvalue weighted by Gasteiger charge is 2.24. The van der Waals surface area contributed by atoms with E-state index in [0.717, 1.165) is 12.7 Å². The number of methoxy groups -OCH3 is 1. The van der Waals surface area contributed by atoms with Crippen molar-refractivity contribution >= 4 is 108 Å². The van der Waals surface area contributed by atoms with Crippen LogP contribution in [-0.4, -0.2) is 48.4 Å². The number of amides is 2. The minimum absolute atomic E-state index is 0.173. The zero-order valence-electron chi connectivity index (χ0n) is 19.7. The second kappa shape index (κ2) is 13.8. The molecule has 0 radical (unpaired) electrons. The molecular weight excluding hydrogens is 924 g/mol. The van der Waals surface area contributed by atoms with Crippen LogP contribution in [0.5, 0.6) is 17.2 Å². The Balaban J connectivity index is 2.13. The molecule has 0 bridgehead atoms. The van der Waals surface area contributed by atoms with Gasteiger partial charge in [-0.15, -0.1) is 0 Å². The average molecular weight is 948 g/mol. The van der Waals surface area contributed by atoms with Gasteiger partial charge in [0.2, 0.25) is 5.91 Å². The van der Waals surface area contributed by atoms with E-state index in [1.165, 1.54) is 7.11 Å². The third-order valence-corrected chi connectivity index (χ3v) is 7.57. The van der Waals surface area contributed by atoms with Crippen LogP contribution < -0.4 is 15.4 Å². The predicted octanol–water partition coefficient (Wildman–Crippen LogP) is 5.33. The molecule has 2 amide bonds. The quantitative estimate of drug-likeness (QED) is 0.242. The molecule has 3 N–H and O–H groups in total. The molecule has 0 aliphatic rings. The van der Waals surface area contributed by atoms with Crippen molar-refractivity contribution in [3.63, 3.8) is 0 Å². The van der Waals surface area contributed by atoms with Gasteiger partial charge in [-0.1, -0.05) is 0 Å². The summed E-state index contributed by atoms with van der Waals surface area (Å²) in [7, 11) is 1.24. The molecule has 36 heavy (non-hydrogen) atoms. The molecule has 1 unspecified atom stereocenters. The van der Waals surface area contributed by atoms with Crippen molar-refractivity contribution in [1.29, 1.82) is 0 Å². The second-order valence-corrected chi connectivity index (χ2v) is 13.1. The number of benzene rings is 2. The number of esters is 1. The lowest BCUT2D eigenvalue weighted by Crippen LogP contribution is -2.47. The fourth-order valence-electron chi connectivity index (χ4n) is 2.83. The van der Waals surface area contributed by atoms with Crippen molar-refractivity contribution in [2.75, 3.05) is 13.7 Å². The maximum atomic E-state index is 12.4. The summed E-state index contributed by atoms with van der Waals surface area (Å²) >= 11 is 8.37. The molecule has 13 heteroatoms. The monoisotopic (exact) mass is 948 g/mol. The molecule has 2 aromatic rings. The molecule has 0 aliphatic heterocycles. The van der Waals surface area contributed by atoms with Gasteiger partial charge >= 0.3 is 12.1 Å². The van der Waals surface area contributed by atoms with Gasteiger partial charge in [0.05, 0.1) is 21.4 Å². The highest BCUT2D eigenvalue weighted by Crippen LogP contribution is 2.37. The molecular formula is C23H24I4N2O7. The summed E-state index contributed by atoms with van der Waals surface area (Å²) in [5.74, 6) is 0.261. The molecule has 196 valence electrons. The van der Waals surface area contributed by atoms with E-state index in [0.29, 0.717) is 18.6 Å². The van der Waals surface area contributed by atoms with Crippen LogP contribution in [0.15, 0.2) is 24.3 Å². The third kappa shape index (κ3) is 9.80. The Bertz CT molecular complexity index is 1110. The van der Waals surface area contributed by atoms with Crippen LogP contribution in [0, 0.1) is 14.3 Å². The standard InChI is InChI=1S/C23H24I4N2O7/c1-23(2,3)36-22(33)28-10-18(30)29-17(21(32)34-4)7-11-5-15(26)20(16(27)6-11)35-12-8-13(24)19(31)14(25)9-12/h5-6,8-9,17,31H,7,10H2,1-4H3,(H,28,33)(H,29,30). The van der Waals surface area contributed by atoms with Crippen molar-refractivity contribution in [1.82, 2.24) is 10.6 Å². The number of hydrogen-bond donors (Lipinski definition) is 3. The molecule has 0 aromatic heterocycles. The zero-order valence-corrected chi connectivity index (χ0v) is 28.3.